The van der Waals surface area contributed by atoms with Crippen molar-refractivity contribution in [3.05, 3.63) is 69.3 Å². The second-order valence-corrected chi connectivity index (χ2v) is 7.65. The van der Waals surface area contributed by atoms with Gasteiger partial charge in [0.1, 0.15) is 12.8 Å². The van der Waals surface area contributed by atoms with Crippen LogP contribution in [0, 0.1) is 0 Å². The van der Waals surface area contributed by atoms with E-state index in [2.05, 4.69) is 40.2 Å². The number of aromatic nitrogens is 8. The third kappa shape index (κ3) is 5.02. The number of anilines is 2. The number of H-pyrrole nitrogens is 3. The molecule has 1 atom stereocenters. The molecule has 0 radical (unpaired) electrons. The van der Waals surface area contributed by atoms with E-state index in [9.17, 15) is 9.59 Å². The number of fused-ring (bicyclic) bond motifs is 2. The fourth-order valence-corrected chi connectivity index (χ4v) is 3.44. The monoisotopic (exact) mass is 478 g/mol. The summed E-state index contributed by atoms with van der Waals surface area (Å²) in [5.74, 6) is 0.234. The molecule has 180 valence electrons. The molecule has 35 heavy (non-hydrogen) atoms. The van der Waals surface area contributed by atoms with Crippen LogP contribution in [0.4, 0.5) is 11.9 Å². The van der Waals surface area contributed by atoms with Crippen LogP contribution in [0.3, 0.4) is 0 Å². The van der Waals surface area contributed by atoms with E-state index in [0.29, 0.717) is 23.4 Å². The van der Waals surface area contributed by atoms with Crippen LogP contribution in [-0.4, -0.2) is 58.7 Å². The molecule has 0 spiro atoms. The number of benzene rings is 1. The fourth-order valence-electron chi connectivity index (χ4n) is 3.44. The molecule has 14 nitrogen and oxygen atoms in total. The molecule has 0 aliphatic rings. The van der Waals surface area contributed by atoms with Crippen molar-refractivity contribution in [2.24, 2.45) is 0 Å². The van der Waals surface area contributed by atoms with Gasteiger partial charge in [-0.05, 0) is 5.56 Å². The number of hydrogen-bond donors (Lipinski definition) is 5. The smallest absolute Gasteiger partial charge is 0.280 e. The first-order valence-corrected chi connectivity index (χ1v) is 10.7. The maximum Gasteiger partial charge on any atom is 0.280 e. The molecule has 4 aromatic heterocycles. The first-order chi connectivity index (χ1) is 17.1. The highest BCUT2D eigenvalue weighted by atomic mass is 16.5. The van der Waals surface area contributed by atoms with E-state index >= 15 is 0 Å². The van der Waals surface area contributed by atoms with E-state index in [0.717, 1.165) is 5.56 Å². The molecule has 0 aliphatic carbocycles. The van der Waals surface area contributed by atoms with Gasteiger partial charge in [0.25, 0.3) is 11.1 Å². The number of nitrogens with zero attached hydrogens (tertiary/aromatic N) is 5. The molecule has 1 aromatic carbocycles. The van der Waals surface area contributed by atoms with E-state index in [1.807, 2.05) is 30.3 Å². The fraction of sp³-hybridized carbons (Fsp3) is 0.238. The summed E-state index contributed by atoms with van der Waals surface area (Å²) in [6, 6.07) is 9.74. The Kier molecular flexibility index (Phi) is 6.19. The number of ether oxygens (including phenoxy) is 2. The predicted molar refractivity (Wildman–Crippen MR) is 127 cm³/mol. The number of nitrogens with one attached hydrogen (secondary N) is 4. The van der Waals surface area contributed by atoms with Gasteiger partial charge in [-0.3, -0.25) is 24.1 Å². The molecule has 5 aromatic rings. The number of aromatic amines is 3. The highest BCUT2D eigenvalue weighted by Gasteiger charge is 2.15. The average Bonchev–Trinajstić information content (AvgIpc) is 3.49. The lowest BCUT2D eigenvalue weighted by Crippen LogP contribution is -2.30. The quantitative estimate of drug-likeness (QED) is 0.187. The van der Waals surface area contributed by atoms with Crippen LogP contribution in [0.25, 0.3) is 22.3 Å². The zero-order valence-electron chi connectivity index (χ0n) is 18.4. The summed E-state index contributed by atoms with van der Waals surface area (Å²) in [6.07, 6.45) is 2.39. The maximum absolute atomic E-state index is 12.2. The maximum atomic E-state index is 12.2. The van der Waals surface area contributed by atoms with Crippen LogP contribution in [0.15, 0.2) is 52.6 Å². The Morgan fingerprint density at radius 2 is 1.94 bits per heavy atom. The first kappa shape index (κ1) is 22.2. The van der Waals surface area contributed by atoms with Crippen LogP contribution in [-0.2, 0) is 22.8 Å². The molecule has 1 unspecified atom stereocenters. The van der Waals surface area contributed by atoms with E-state index in [1.54, 1.807) is 4.57 Å². The molecule has 14 heteroatoms. The van der Waals surface area contributed by atoms with E-state index in [4.69, 9.17) is 15.2 Å². The van der Waals surface area contributed by atoms with E-state index in [-0.39, 0.29) is 42.9 Å². The first-order valence-electron chi connectivity index (χ1n) is 10.7. The van der Waals surface area contributed by atoms with Gasteiger partial charge in [-0.25, -0.2) is 9.97 Å². The Morgan fingerprint density at radius 3 is 2.80 bits per heavy atom. The van der Waals surface area contributed by atoms with Crippen molar-refractivity contribution in [1.29, 1.82) is 0 Å². The summed E-state index contributed by atoms with van der Waals surface area (Å²) in [5, 5.41) is 3.06. The zero-order valence-corrected chi connectivity index (χ0v) is 18.4. The summed E-state index contributed by atoms with van der Waals surface area (Å²) in [4.78, 5) is 48.5. The van der Waals surface area contributed by atoms with E-state index in [1.165, 1.54) is 12.7 Å². The lowest BCUT2D eigenvalue weighted by molar-refractivity contribution is -0.0411. The summed E-state index contributed by atoms with van der Waals surface area (Å²) in [5.41, 5.74) is 6.97. The Hall–Kier alpha value is -4.56. The number of imidazole rings is 2. The van der Waals surface area contributed by atoms with Gasteiger partial charge in [0.05, 0.1) is 25.9 Å². The van der Waals surface area contributed by atoms with Gasteiger partial charge in [0.2, 0.25) is 11.9 Å². The molecular weight excluding hydrogens is 456 g/mol. The normalized spacial score (nSPS) is 12.3. The Balaban J connectivity index is 1.29. The van der Waals surface area contributed by atoms with Crippen molar-refractivity contribution in [3.63, 3.8) is 0 Å². The predicted octanol–water partition coefficient (Wildman–Crippen LogP) is 0.333. The minimum Gasteiger partial charge on any atom is -0.374 e. The van der Waals surface area contributed by atoms with Gasteiger partial charge in [-0.15, -0.1) is 0 Å². The number of hydrogen-bond acceptors (Lipinski definition) is 10. The Bertz CT molecular complexity index is 1560. The number of rotatable bonds is 10. The Morgan fingerprint density at radius 1 is 1.09 bits per heavy atom. The molecule has 0 fully saturated rings. The SMILES string of the molecule is Nc1nc2c(ncn2COC(CNc2nc3nc[nH]c3c(=O)[nH]2)COCc2ccccc2)c(=O)[nH]1. The van der Waals surface area contributed by atoms with Gasteiger partial charge >= 0.3 is 0 Å². The summed E-state index contributed by atoms with van der Waals surface area (Å²) in [7, 11) is 0. The van der Waals surface area contributed by atoms with Gasteiger partial charge < -0.3 is 25.5 Å². The third-order valence-electron chi connectivity index (χ3n) is 5.15. The lowest BCUT2D eigenvalue weighted by atomic mass is 10.2. The van der Waals surface area contributed by atoms with Crippen LogP contribution in [0.2, 0.25) is 0 Å². The molecule has 6 N–H and O–H groups in total. The zero-order chi connectivity index (χ0) is 24.2. The standard InChI is InChI=1S/C21H22N10O4/c22-20-28-17-15(19(33)29-20)26-10-31(17)11-35-13(8-34-7-12-4-2-1-3-5-12)6-23-21-27-16-14(18(32)30-21)24-9-25-16/h1-5,9-10,13H,6-8,11H2,(H3,22,28,29,33)(H3,23,24,25,27,30,32). The van der Waals surface area contributed by atoms with Crippen LogP contribution in [0.1, 0.15) is 5.56 Å². The van der Waals surface area contributed by atoms with Crippen molar-refractivity contribution < 1.29 is 9.47 Å². The molecule has 0 amide bonds. The van der Waals surface area contributed by atoms with Crippen LogP contribution < -0.4 is 22.2 Å². The van der Waals surface area contributed by atoms with Gasteiger partial charge in [0.15, 0.2) is 22.3 Å². The van der Waals surface area contributed by atoms with Gasteiger partial charge in [-0.1, -0.05) is 30.3 Å². The molecule has 5 rings (SSSR count). The molecule has 0 saturated heterocycles. The molecule has 0 bridgehead atoms. The van der Waals surface area contributed by atoms with Crippen molar-refractivity contribution in [2.75, 3.05) is 24.2 Å². The van der Waals surface area contributed by atoms with Crippen LogP contribution in [0.5, 0.6) is 0 Å². The summed E-state index contributed by atoms with van der Waals surface area (Å²) in [6.45, 7) is 0.933. The Labute approximate surface area is 196 Å². The minimum absolute atomic E-state index is 0.0163. The summed E-state index contributed by atoms with van der Waals surface area (Å²) < 4.78 is 13.5. The summed E-state index contributed by atoms with van der Waals surface area (Å²) >= 11 is 0. The molecule has 0 aliphatic heterocycles. The topological polar surface area (TPSA) is 195 Å². The second-order valence-electron chi connectivity index (χ2n) is 7.65. The number of nitrogen functional groups attached to an aromatic ring is 1. The lowest BCUT2D eigenvalue weighted by Gasteiger charge is -2.19. The largest absolute Gasteiger partial charge is 0.374 e. The van der Waals surface area contributed by atoms with Crippen LogP contribution >= 0.6 is 0 Å². The highest BCUT2D eigenvalue weighted by molar-refractivity contribution is 5.70. The van der Waals surface area contributed by atoms with Gasteiger partial charge in [-0.2, -0.15) is 9.97 Å². The van der Waals surface area contributed by atoms with Crippen molar-refractivity contribution >= 4 is 34.2 Å². The molecular formula is C21H22N10O4. The second kappa shape index (κ2) is 9.74. The van der Waals surface area contributed by atoms with Gasteiger partial charge in [0, 0.05) is 6.54 Å². The van der Waals surface area contributed by atoms with Crippen molar-refractivity contribution in [1.82, 2.24) is 39.5 Å². The molecule has 4 heterocycles. The third-order valence-corrected chi connectivity index (χ3v) is 5.15. The average molecular weight is 478 g/mol. The highest BCUT2D eigenvalue weighted by Crippen LogP contribution is 2.10. The number of nitrogens with two attached hydrogens (primary N) is 1. The van der Waals surface area contributed by atoms with E-state index < -0.39 is 11.7 Å². The van der Waals surface area contributed by atoms with Crippen molar-refractivity contribution in [3.8, 4) is 0 Å². The minimum atomic E-state index is -0.462. The van der Waals surface area contributed by atoms with Crippen molar-refractivity contribution in [2.45, 2.75) is 19.4 Å². The molecule has 0 saturated carbocycles.